The van der Waals surface area contributed by atoms with E-state index in [1.165, 1.54) is 7.11 Å². The fraction of sp³-hybridized carbons (Fsp3) is 0.500. The second kappa shape index (κ2) is 1.92. The molecule has 1 radical (unpaired) electrons. The first kappa shape index (κ1) is 5.24. The molecule has 8 heavy (non-hydrogen) atoms. The van der Waals surface area contributed by atoms with Gasteiger partial charge in [-0.1, -0.05) is 0 Å². The summed E-state index contributed by atoms with van der Waals surface area (Å²) < 4.78 is 4.64. The molecule has 1 rings (SSSR count). The topological polar surface area (TPSA) is 50.7 Å². The van der Waals surface area contributed by atoms with Gasteiger partial charge in [0.15, 0.2) is 6.23 Å². The summed E-state index contributed by atoms with van der Waals surface area (Å²) >= 11 is 0. The van der Waals surface area contributed by atoms with Crippen LogP contribution in [0.5, 0.6) is 0 Å². The van der Waals surface area contributed by atoms with Gasteiger partial charge in [0.1, 0.15) is 6.21 Å². The lowest BCUT2D eigenvalue weighted by Gasteiger charge is -2.00. The third-order valence-electron chi connectivity index (χ3n) is 0.774. The molecule has 0 saturated carbocycles. The zero-order valence-corrected chi connectivity index (χ0v) is 4.34. The summed E-state index contributed by atoms with van der Waals surface area (Å²) in [6, 6.07) is -0.392. The third kappa shape index (κ3) is 0.840. The number of nitrogens with zero attached hydrogens (tertiary/aromatic N) is 1. The van der Waals surface area contributed by atoms with E-state index in [-0.39, 0.29) is 0 Å². The van der Waals surface area contributed by atoms with Crippen LogP contribution in [0.3, 0.4) is 0 Å². The summed E-state index contributed by atoms with van der Waals surface area (Å²) in [4.78, 5) is 13.5. The van der Waals surface area contributed by atoms with E-state index in [9.17, 15) is 4.79 Å². The molecular formula is C4H5N2O2. The highest BCUT2D eigenvalue weighted by molar-refractivity contribution is 5.91. The molecule has 1 aliphatic rings. The lowest BCUT2D eigenvalue weighted by molar-refractivity contribution is 0.143. The molecule has 0 aromatic carbocycles. The minimum atomic E-state index is -0.442. The molecule has 2 amide bonds. The average Bonchev–Trinajstić information content (AvgIpc) is 2.14. The number of ether oxygens (including phenoxy) is 1. The quantitative estimate of drug-likeness (QED) is 0.504. The van der Waals surface area contributed by atoms with Gasteiger partial charge in [-0.3, -0.25) is 0 Å². The fourth-order valence-electron chi connectivity index (χ4n) is 0.406. The van der Waals surface area contributed by atoms with E-state index in [1.54, 1.807) is 0 Å². The second-order valence-electron chi connectivity index (χ2n) is 1.31. The maximum atomic E-state index is 10.2. The summed E-state index contributed by atoms with van der Waals surface area (Å²) in [5.74, 6) is 0. The molecule has 43 valence electrons. The third-order valence-corrected chi connectivity index (χ3v) is 0.774. The second-order valence-corrected chi connectivity index (χ2v) is 1.31. The number of amides is 2. The van der Waals surface area contributed by atoms with Gasteiger partial charge in [0.05, 0.1) is 0 Å². The zero-order chi connectivity index (χ0) is 5.98. The molecule has 1 unspecified atom stereocenters. The molecule has 4 nitrogen and oxygen atoms in total. The van der Waals surface area contributed by atoms with E-state index >= 15 is 0 Å². The standard InChI is InChI=1S/C4H5N2O2/c1-8-3-2-5-4(7)6-3/h3H,1H3,(H,6,7). The summed E-state index contributed by atoms with van der Waals surface area (Å²) in [7, 11) is 1.47. The van der Waals surface area contributed by atoms with Crippen LogP contribution in [0.25, 0.3) is 0 Å². The number of rotatable bonds is 1. The van der Waals surface area contributed by atoms with Crippen molar-refractivity contribution in [3.05, 3.63) is 0 Å². The van der Waals surface area contributed by atoms with Gasteiger partial charge < -0.3 is 10.1 Å². The van der Waals surface area contributed by atoms with E-state index in [2.05, 4.69) is 21.3 Å². The van der Waals surface area contributed by atoms with Gasteiger partial charge in [-0.15, -0.1) is 0 Å². The van der Waals surface area contributed by atoms with Gasteiger partial charge in [0.25, 0.3) is 0 Å². The predicted octanol–water partition coefficient (Wildman–Crippen LogP) is -0.370. The SMILES string of the molecule is COC1[C]=NC(=O)N1. The molecule has 4 heteroatoms. The minimum Gasteiger partial charge on any atom is -0.356 e. The summed E-state index contributed by atoms with van der Waals surface area (Å²) in [5, 5.41) is 2.36. The Morgan fingerprint density at radius 2 is 2.75 bits per heavy atom. The lowest BCUT2D eigenvalue weighted by atomic mass is 10.6. The Labute approximate surface area is 46.5 Å². The molecule has 0 aromatic heterocycles. The van der Waals surface area contributed by atoms with Crippen LogP contribution in [0.2, 0.25) is 0 Å². The monoisotopic (exact) mass is 113 g/mol. The maximum absolute atomic E-state index is 10.2. The van der Waals surface area contributed by atoms with Crippen LogP contribution in [-0.2, 0) is 4.74 Å². The molecule has 1 atom stereocenters. The van der Waals surface area contributed by atoms with Crippen LogP contribution in [0, 0.1) is 0 Å². The van der Waals surface area contributed by atoms with Crippen LogP contribution in [0.4, 0.5) is 4.79 Å². The Balaban J connectivity index is 2.46. The van der Waals surface area contributed by atoms with Crippen molar-refractivity contribution < 1.29 is 9.53 Å². The normalized spacial score (nSPS) is 26.1. The number of carbonyl (C=O) groups is 1. The van der Waals surface area contributed by atoms with Gasteiger partial charge >= 0.3 is 6.03 Å². The molecule has 1 aliphatic heterocycles. The van der Waals surface area contributed by atoms with Crippen molar-refractivity contribution in [1.29, 1.82) is 0 Å². The van der Waals surface area contributed by atoms with Crippen LogP contribution >= 0.6 is 0 Å². The Morgan fingerprint density at radius 3 is 3.00 bits per heavy atom. The summed E-state index contributed by atoms with van der Waals surface area (Å²) in [5.41, 5.74) is 0. The number of nitrogens with one attached hydrogen (secondary N) is 1. The minimum absolute atomic E-state index is 0.392. The molecule has 0 aliphatic carbocycles. The van der Waals surface area contributed by atoms with E-state index in [4.69, 9.17) is 0 Å². The van der Waals surface area contributed by atoms with Crippen LogP contribution in [-0.4, -0.2) is 25.6 Å². The number of hydrogen-bond donors (Lipinski definition) is 1. The highest BCUT2D eigenvalue weighted by Gasteiger charge is 2.14. The van der Waals surface area contributed by atoms with Crippen LogP contribution in [0.15, 0.2) is 4.99 Å². The van der Waals surface area contributed by atoms with Gasteiger partial charge in [-0.25, -0.2) is 4.79 Å². The highest BCUT2D eigenvalue weighted by Crippen LogP contribution is 1.89. The molecule has 1 heterocycles. The smallest absolute Gasteiger partial charge is 0.343 e. The Morgan fingerprint density at radius 1 is 2.00 bits per heavy atom. The number of carbonyl (C=O) groups excluding carboxylic acids is 1. The van der Waals surface area contributed by atoms with E-state index in [1.807, 2.05) is 0 Å². The number of aliphatic imine (C=N–C) groups is 1. The highest BCUT2D eigenvalue weighted by atomic mass is 16.5. The summed E-state index contributed by atoms with van der Waals surface area (Å²) in [6.07, 6.45) is 1.96. The molecule has 0 spiro atoms. The van der Waals surface area contributed by atoms with Crippen molar-refractivity contribution >= 4 is 12.2 Å². The van der Waals surface area contributed by atoms with Crippen molar-refractivity contribution in [2.24, 2.45) is 4.99 Å². The molecule has 0 aromatic rings. The van der Waals surface area contributed by atoms with Gasteiger partial charge in [0, 0.05) is 7.11 Å². The van der Waals surface area contributed by atoms with Crippen molar-refractivity contribution in [1.82, 2.24) is 5.32 Å². The Hall–Kier alpha value is -0.900. The van der Waals surface area contributed by atoms with Crippen LogP contribution < -0.4 is 5.32 Å². The van der Waals surface area contributed by atoms with Crippen molar-refractivity contribution in [3.8, 4) is 0 Å². The fourth-order valence-corrected chi connectivity index (χ4v) is 0.406. The molecular weight excluding hydrogens is 108 g/mol. The number of methoxy groups -OCH3 is 1. The van der Waals surface area contributed by atoms with Crippen molar-refractivity contribution in [2.75, 3.05) is 7.11 Å². The van der Waals surface area contributed by atoms with Crippen LogP contribution in [0.1, 0.15) is 0 Å². The lowest BCUT2D eigenvalue weighted by Crippen LogP contribution is -2.28. The first-order valence-corrected chi connectivity index (χ1v) is 2.12. The van der Waals surface area contributed by atoms with Gasteiger partial charge in [-0.2, -0.15) is 4.99 Å². The van der Waals surface area contributed by atoms with Crippen molar-refractivity contribution in [2.45, 2.75) is 6.23 Å². The van der Waals surface area contributed by atoms with E-state index < -0.39 is 12.3 Å². The van der Waals surface area contributed by atoms with E-state index in [0.717, 1.165) is 0 Å². The molecule has 0 bridgehead atoms. The largest absolute Gasteiger partial charge is 0.356 e. The number of urea groups is 1. The van der Waals surface area contributed by atoms with Gasteiger partial charge in [0.2, 0.25) is 0 Å². The Bertz CT molecular complexity index is 132. The molecule has 1 N–H and O–H groups in total. The number of hydrogen-bond acceptors (Lipinski definition) is 2. The van der Waals surface area contributed by atoms with E-state index in [0.29, 0.717) is 0 Å². The van der Waals surface area contributed by atoms with Gasteiger partial charge in [-0.05, 0) is 0 Å². The average molecular weight is 113 g/mol. The predicted molar refractivity (Wildman–Crippen MR) is 26.8 cm³/mol. The molecule has 0 fully saturated rings. The summed E-state index contributed by atoms with van der Waals surface area (Å²) in [6.45, 7) is 0. The first-order valence-electron chi connectivity index (χ1n) is 2.12. The Kier molecular flexibility index (Phi) is 1.26. The first-order chi connectivity index (χ1) is 3.83. The maximum Gasteiger partial charge on any atom is 0.343 e. The van der Waals surface area contributed by atoms with Crippen molar-refractivity contribution in [3.63, 3.8) is 0 Å². The zero-order valence-electron chi connectivity index (χ0n) is 4.34. The molecule has 0 saturated heterocycles.